The average molecular weight is 192 g/mol. The first-order chi connectivity index (χ1) is 6.84. The van der Waals surface area contributed by atoms with Gasteiger partial charge in [0.1, 0.15) is 11.6 Å². The standard InChI is InChI=1S/C10H9FN2O/c11-9-4-1-5-10(13-9)12-7-8-3-2-6-14-8/h1-6H,7H2,(H,12,13). The van der Waals surface area contributed by atoms with E-state index in [0.29, 0.717) is 12.4 Å². The van der Waals surface area contributed by atoms with Gasteiger partial charge in [-0.15, -0.1) is 0 Å². The van der Waals surface area contributed by atoms with Gasteiger partial charge >= 0.3 is 0 Å². The molecule has 4 heteroatoms. The molecule has 0 aromatic carbocycles. The number of pyridine rings is 1. The third kappa shape index (κ3) is 2.10. The molecule has 0 radical (unpaired) electrons. The molecular weight excluding hydrogens is 183 g/mol. The Balaban J connectivity index is 1.98. The SMILES string of the molecule is Fc1cccc(NCc2ccco2)n1. The normalized spacial score (nSPS) is 10.1. The van der Waals surface area contributed by atoms with Crippen molar-refractivity contribution in [2.75, 3.05) is 5.32 Å². The topological polar surface area (TPSA) is 38.1 Å². The fraction of sp³-hybridized carbons (Fsp3) is 0.100. The number of nitrogens with zero attached hydrogens (tertiary/aromatic N) is 1. The summed E-state index contributed by atoms with van der Waals surface area (Å²) in [6, 6.07) is 8.25. The molecule has 2 heterocycles. The largest absolute Gasteiger partial charge is 0.467 e. The number of aromatic nitrogens is 1. The van der Waals surface area contributed by atoms with E-state index in [1.165, 1.54) is 6.07 Å². The number of furan rings is 1. The number of nitrogens with one attached hydrogen (secondary N) is 1. The van der Waals surface area contributed by atoms with Crippen LogP contribution in [-0.4, -0.2) is 4.98 Å². The minimum Gasteiger partial charge on any atom is -0.467 e. The zero-order valence-corrected chi connectivity index (χ0v) is 7.40. The highest BCUT2D eigenvalue weighted by atomic mass is 19.1. The summed E-state index contributed by atoms with van der Waals surface area (Å²) >= 11 is 0. The van der Waals surface area contributed by atoms with Crippen LogP contribution in [0, 0.1) is 5.95 Å². The molecule has 72 valence electrons. The predicted molar refractivity (Wildman–Crippen MR) is 50.2 cm³/mol. The third-order valence-electron chi connectivity index (χ3n) is 1.74. The molecule has 0 spiro atoms. The molecule has 0 aliphatic carbocycles. The lowest BCUT2D eigenvalue weighted by molar-refractivity contribution is 0.517. The summed E-state index contributed by atoms with van der Waals surface area (Å²) in [6.07, 6.45) is 1.59. The molecule has 0 atom stereocenters. The van der Waals surface area contributed by atoms with Crippen molar-refractivity contribution in [3.8, 4) is 0 Å². The van der Waals surface area contributed by atoms with Crippen LogP contribution in [0.1, 0.15) is 5.76 Å². The summed E-state index contributed by atoms with van der Waals surface area (Å²) in [5.41, 5.74) is 0. The molecule has 2 aromatic rings. The fourth-order valence-corrected chi connectivity index (χ4v) is 1.10. The van der Waals surface area contributed by atoms with Crippen molar-refractivity contribution in [3.05, 3.63) is 48.3 Å². The van der Waals surface area contributed by atoms with Gasteiger partial charge in [-0.3, -0.25) is 0 Å². The predicted octanol–water partition coefficient (Wildman–Crippen LogP) is 2.43. The van der Waals surface area contributed by atoms with Crippen LogP contribution in [0.4, 0.5) is 10.2 Å². The molecule has 0 saturated heterocycles. The monoisotopic (exact) mass is 192 g/mol. The molecule has 0 aliphatic rings. The number of hydrogen-bond acceptors (Lipinski definition) is 3. The second kappa shape index (κ2) is 3.91. The number of hydrogen-bond donors (Lipinski definition) is 1. The van der Waals surface area contributed by atoms with Crippen LogP contribution < -0.4 is 5.32 Å². The molecule has 3 nitrogen and oxygen atoms in total. The number of halogens is 1. The van der Waals surface area contributed by atoms with E-state index in [0.717, 1.165) is 5.76 Å². The van der Waals surface area contributed by atoms with Crippen LogP contribution in [0.15, 0.2) is 41.0 Å². The van der Waals surface area contributed by atoms with Crippen molar-refractivity contribution in [3.63, 3.8) is 0 Å². The van der Waals surface area contributed by atoms with Crippen LogP contribution in [0.2, 0.25) is 0 Å². The molecule has 2 aromatic heterocycles. The molecule has 0 bridgehead atoms. The summed E-state index contributed by atoms with van der Waals surface area (Å²) in [6.45, 7) is 0.503. The highest BCUT2D eigenvalue weighted by Gasteiger charge is 1.97. The third-order valence-corrected chi connectivity index (χ3v) is 1.74. The molecule has 0 fully saturated rings. The Hall–Kier alpha value is -1.84. The summed E-state index contributed by atoms with van der Waals surface area (Å²) < 4.78 is 17.8. The van der Waals surface area contributed by atoms with Gasteiger partial charge in [0, 0.05) is 0 Å². The van der Waals surface area contributed by atoms with Gasteiger partial charge in [-0.25, -0.2) is 4.98 Å². The van der Waals surface area contributed by atoms with Gasteiger partial charge in [0.2, 0.25) is 5.95 Å². The summed E-state index contributed by atoms with van der Waals surface area (Å²) in [5, 5.41) is 2.94. The van der Waals surface area contributed by atoms with Gasteiger partial charge < -0.3 is 9.73 Å². The first kappa shape index (κ1) is 8.74. The van der Waals surface area contributed by atoms with Gasteiger partial charge in [-0.2, -0.15) is 4.39 Å². The Morgan fingerprint density at radius 2 is 2.21 bits per heavy atom. The molecule has 0 amide bonds. The quantitative estimate of drug-likeness (QED) is 0.759. The zero-order chi connectivity index (χ0) is 9.80. The van der Waals surface area contributed by atoms with E-state index < -0.39 is 5.95 Å². The van der Waals surface area contributed by atoms with E-state index in [1.54, 1.807) is 24.5 Å². The molecule has 0 unspecified atom stereocenters. The van der Waals surface area contributed by atoms with Crippen molar-refractivity contribution in [1.82, 2.24) is 4.98 Å². The Morgan fingerprint density at radius 1 is 1.29 bits per heavy atom. The molecule has 0 saturated carbocycles. The lowest BCUT2D eigenvalue weighted by atomic mass is 10.4. The lowest BCUT2D eigenvalue weighted by Gasteiger charge is -2.02. The Morgan fingerprint density at radius 3 is 2.93 bits per heavy atom. The Bertz CT molecular complexity index is 400. The first-order valence-corrected chi connectivity index (χ1v) is 4.23. The second-order valence-electron chi connectivity index (χ2n) is 2.78. The highest BCUT2D eigenvalue weighted by molar-refractivity contribution is 5.33. The molecule has 14 heavy (non-hydrogen) atoms. The smallest absolute Gasteiger partial charge is 0.214 e. The highest BCUT2D eigenvalue weighted by Crippen LogP contribution is 2.06. The van der Waals surface area contributed by atoms with Crippen LogP contribution in [0.3, 0.4) is 0 Å². The maximum absolute atomic E-state index is 12.7. The summed E-state index contributed by atoms with van der Waals surface area (Å²) in [5.74, 6) is 0.798. The van der Waals surface area contributed by atoms with Gasteiger partial charge in [0.25, 0.3) is 0 Å². The van der Waals surface area contributed by atoms with Crippen molar-refractivity contribution < 1.29 is 8.81 Å². The molecule has 2 rings (SSSR count). The maximum Gasteiger partial charge on any atom is 0.214 e. The van der Waals surface area contributed by atoms with E-state index >= 15 is 0 Å². The van der Waals surface area contributed by atoms with Gasteiger partial charge in [0.05, 0.1) is 12.8 Å². The molecule has 0 aliphatic heterocycles. The van der Waals surface area contributed by atoms with Crippen LogP contribution in [0.5, 0.6) is 0 Å². The summed E-state index contributed by atoms with van der Waals surface area (Å²) in [7, 11) is 0. The van der Waals surface area contributed by atoms with Gasteiger partial charge in [0.15, 0.2) is 0 Å². The Kier molecular flexibility index (Phi) is 2.44. The fourth-order valence-electron chi connectivity index (χ4n) is 1.10. The van der Waals surface area contributed by atoms with E-state index in [9.17, 15) is 4.39 Å². The lowest BCUT2D eigenvalue weighted by Crippen LogP contribution is -2.00. The van der Waals surface area contributed by atoms with E-state index in [4.69, 9.17) is 4.42 Å². The first-order valence-electron chi connectivity index (χ1n) is 4.23. The van der Waals surface area contributed by atoms with Crippen molar-refractivity contribution >= 4 is 5.82 Å². The van der Waals surface area contributed by atoms with E-state index in [-0.39, 0.29) is 0 Å². The number of anilines is 1. The van der Waals surface area contributed by atoms with Crippen molar-refractivity contribution in [2.24, 2.45) is 0 Å². The van der Waals surface area contributed by atoms with Gasteiger partial charge in [-0.1, -0.05) is 6.07 Å². The molecular formula is C10H9FN2O. The van der Waals surface area contributed by atoms with Crippen LogP contribution >= 0.6 is 0 Å². The van der Waals surface area contributed by atoms with Crippen LogP contribution in [0.25, 0.3) is 0 Å². The van der Waals surface area contributed by atoms with Crippen molar-refractivity contribution in [2.45, 2.75) is 6.54 Å². The zero-order valence-electron chi connectivity index (χ0n) is 7.40. The Labute approximate surface area is 80.6 Å². The summed E-state index contributed by atoms with van der Waals surface area (Å²) in [4.78, 5) is 3.65. The minimum absolute atomic E-state index is 0.491. The maximum atomic E-state index is 12.7. The number of rotatable bonds is 3. The van der Waals surface area contributed by atoms with Crippen molar-refractivity contribution in [1.29, 1.82) is 0 Å². The second-order valence-corrected chi connectivity index (χ2v) is 2.78. The van der Waals surface area contributed by atoms with Crippen LogP contribution in [-0.2, 0) is 6.54 Å². The minimum atomic E-state index is -0.491. The average Bonchev–Trinajstić information content (AvgIpc) is 2.67. The van der Waals surface area contributed by atoms with E-state index in [1.807, 2.05) is 6.07 Å². The molecule has 1 N–H and O–H groups in total. The van der Waals surface area contributed by atoms with E-state index in [2.05, 4.69) is 10.3 Å². The van der Waals surface area contributed by atoms with Gasteiger partial charge in [-0.05, 0) is 24.3 Å².